The van der Waals surface area contributed by atoms with Crippen molar-refractivity contribution in [1.82, 2.24) is 19.7 Å². The van der Waals surface area contributed by atoms with E-state index in [-0.39, 0.29) is 12.5 Å². The number of methoxy groups -OCH3 is 1. The van der Waals surface area contributed by atoms with E-state index in [2.05, 4.69) is 39.0 Å². The molecule has 0 saturated heterocycles. The molecule has 0 fully saturated rings. The summed E-state index contributed by atoms with van der Waals surface area (Å²) < 4.78 is 11.7. The zero-order valence-corrected chi connectivity index (χ0v) is 13.8. The number of hydrogen-bond acceptors (Lipinski definition) is 7. The molecule has 0 atom stereocenters. The van der Waals surface area contributed by atoms with Crippen LogP contribution in [-0.2, 0) is 20.8 Å². The van der Waals surface area contributed by atoms with E-state index in [1.54, 1.807) is 6.20 Å². The number of hydrogen-bond donors (Lipinski definition) is 1. The van der Waals surface area contributed by atoms with Crippen molar-refractivity contribution in [3.05, 3.63) is 12.5 Å². The zero-order valence-electron chi connectivity index (χ0n) is 13.8. The molecule has 0 saturated carbocycles. The summed E-state index contributed by atoms with van der Waals surface area (Å²) in [6.45, 7) is 6.38. The third kappa shape index (κ3) is 4.88. The Labute approximate surface area is 135 Å². The van der Waals surface area contributed by atoms with Crippen molar-refractivity contribution in [2.75, 3.05) is 32.2 Å². The van der Waals surface area contributed by atoms with E-state index >= 15 is 0 Å². The summed E-state index contributed by atoms with van der Waals surface area (Å²) in [5.74, 6) is 0.949. The number of carbonyl (C=O) groups excluding carboxylic acids is 1. The van der Waals surface area contributed by atoms with Crippen LogP contribution in [0.1, 0.15) is 20.3 Å². The SMILES string of the molecule is COC(=O)Cn1ncc2c(NCCOCCC(C)C)ncnc21. The second-order valence-electron chi connectivity index (χ2n) is 5.56. The maximum absolute atomic E-state index is 11.4. The minimum atomic E-state index is -0.373. The number of esters is 1. The molecule has 0 amide bonds. The van der Waals surface area contributed by atoms with Crippen molar-refractivity contribution >= 4 is 22.8 Å². The summed E-state index contributed by atoms with van der Waals surface area (Å²) in [5, 5.41) is 8.14. The number of rotatable bonds is 9. The molecule has 8 nitrogen and oxygen atoms in total. The van der Waals surface area contributed by atoms with Gasteiger partial charge in [-0.25, -0.2) is 14.6 Å². The molecule has 0 aliphatic rings. The first-order valence-corrected chi connectivity index (χ1v) is 7.66. The van der Waals surface area contributed by atoms with Gasteiger partial charge in [-0.05, 0) is 12.3 Å². The zero-order chi connectivity index (χ0) is 16.7. The average molecular weight is 321 g/mol. The Bertz CT molecular complexity index is 641. The first kappa shape index (κ1) is 17.1. The second kappa shape index (κ2) is 8.42. The number of ether oxygens (including phenoxy) is 2. The number of fused-ring (bicyclic) bond motifs is 1. The van der Waals surface area contributed by atoms with Crippen LogP contribution in [-0.4, -0.2) is 52.6 Å². The van der Waals surface area contributed by atoms with Gasteiger partial charge in [-0.2, -0.15) is 5.10 Å². The van der Waals surface area contributed by atoms with Crippen molar-refractivity contribution in [3.63, 3.8) is 0 Å². The molecule has 2 rings (SSSR count). The number of nitrogens with one attached hydrogen (secondary N) is 1. The average Bonchev–Trinajstić information content (AvgIpc) is 2.94. The Balaban J connectivity index is 1.92. The fourth-order valence-electron chi connectivity index (χ4n) is 2.00. The molecule has 1 N–H and O–H groups in total. The van der Waals surface area contributed by atoms with Gasteiger partial charge in [0.05, 0.1) is 25.3 Å². The third-order valence-corrected chi connectivity index (χ3v) is 3.32. The summed E-state index contributed by atoms with van der Waals surface area (Å²) in [6.07, 6.45) is 4.14. The highest BCUT2D eigenvalue weighted by Crippen LogP contribution is 2.18. The van der Waals surface area contributed by atoms with Gasteiger partial charge in [-0.1, -0.05) is 13.8 Å². The molecule has 126 valence electrons. The number of anilines is 1. The third-order valence-electron chi connectivity index (χ3n) is 3.32. The molecular weight excluding hydrogens is 298 g/mol. The monoisotopic (exact) mass is 321 g/mol. The van der Waals surface area contributed by atoms with Gasteiger partial charge >= 0.3 is 5.97 Å². The lowest BCUT2D eigenvalue weighted by Gasteiger charge is -2.08. The van der Waals surface area contributed by atoms with Crippen LogP contribution in [0.2, 0.25) is 0 Å². The van der Waals surface area contributed by atoms with Gasteiger partial charge in [0.2, 0.25) is 0 Å². The Morgan fingerprint density at radius 2 is 2.17 bits per heavy atom. The molecule has 2 aromatic heterocycles. The van der Waals surface area contributed by atoms with Crippen LogP contribution in [0.25, 0.3) is 11.0 Å². The van der Waals surface area contributed by atoms with Gasteiger partial charge in [0.1, 0.15) is 18.7 Å². The molecule has 0 spiro atoms. The van der Waals surface area contributed by atoms with Crippen LogP contribution in [0.15, 0.2) is 12.5 Å². The van der Waals surface area contributed by atoms with Crippen LogP contribution in [0.5, 0.6) is 0 Å². The van der Waals surface area contributed by atoms with Gasteiger partial charge in [-0.3, -0.25) is 4.79 Å². The lowest BCUT2D eigenvalue weighted by molar-refractivity contribution is -0.141. The fourth-order valence-corrected chi connectivity index (χ4v) is 2.00. The molecule has 0 aliphatic carbocycles. The van der Waals surface area contributed by atoms with E-state index < -0.39 is 0 Å². The molecule has 0 radical (unpaired) electrons. The maximum Gasteiger partial charge on any atom is 0.327 e. The van der Waals surface area contributed by atoms with Gasteiger partial charge in [0, 0.05) is 13.2 Å². The molecule has 2 aromatic rings. The van der Waals surface area contributed by atoms with Crippen molar-refractivity contribution in [2.45, 2.75) is 26.8 Å². The van der Waals surface area contributed by atoms with E-state index in [0.29, 0.717) is 30.5 Å². The Morgan fingerprint density at radius 3 is 2.91 bits per heavy atom. The summed E-state index contributed by atoms with van der Waals surface area (Å²) in [6, 6.07) is 0. The van der Waals surface area contributed by atoms with Gasteiger partial charge < -0.3 is 14.8 Å². The Kier molecular flexibility index (Phi) is 6.28. The number of nitrogens with zero attached hydrogens (tertiary/aromatic N) is 4. The lowest BCUT2D eigenvalue weighted by atomic mass is 10.1. The van der Waals surface area contributed by atoms with E-state index in [0.717, 1.165) is 18.4 Å². The summed E-state index contributed by atoms with van der Waals surface area (Å²) >= 11 is 0. The lowest BCUT2D eigenvalue weighted by Crippen LogP contribution is -2.14. The fraction of sp³-hybridized carbons (Fsp3) is 0.600. The quantitative estimate of drug-likeness (QED) is 0.552. The largest absolute Gasteiger partial charge is 0.468 e. The highest BCUT2D eigenvalue weighted by molar-refractivity contribution is 5.86. The van der Waals surface area contributed by atoms with Crippen molar-refractivity contribution in [3.8, 4) is 0 Å². The molecule has 8 heteroatoms. The highest BCUT2D eigenvalue weighted by Gasteiger charge is 2.12. The highest BCUT2D eigenvalue weighted by atomic mass is 16.5. The summed E-state index contributed by atoms with van der Waals surface area (Å²) in [5.41, 5.74) is 0.591. The van der Waals surface area contributed by atoms with E-state index in [9.17, 15) is 4.79 Å². The number of aromatic nitrogens is 4. The van der Waals surface area contributed by atoms with Gasteiger partial charge in [0.15, 0.2) is 5.65 Å². The van der Waals surface area contributed by atoms with E-state index in [1.807, 2.05) is 0 Å². The number of carbonyl (C=O) groups is 1. The minimum Gasteiger partial charge on any atom is -0.468 e. The molecule has 0 unspecified atom stereocenters. The second-order valence-corrected chi connectivity index (χ2v) is 5.56. The smallest absolute Gasteiger partial charge is 0.327 e. The molecule has 23 heavy (non-hydrogen) atoms. The van der Waals surface area contributed by atoms with Gasteiger partial charge in [-0.15, -0.1) is 0 Å². The summed E-state index contributed by atoms with van der Waals surface area (Å²) in [4.78, 5) is 19.8. The Hall–Kier alpha value is -2.22. The standard InChI is InChI=1S/C15H23N5O3/c1-11(2)4-6-23-7-5-16-14-12-8-19-20(9-13(21)22-3)15(12)18-10-17-14/h8,10-11H,4-7,9H2,1-3H3,(H,16,17,18). The van der Waals surface area contributed by atoms with Crippen molar-refractivity contribution in [1.29, 1.82) is 0 Å². The van der Waals surface area contributed by atoms with Crippen molar-refractivity contribution in [2.24, 2.45) is 5.92 Å². The minimum absolute atomic E-state index is 0.0226. The molecule has 0 aliphatic heterocycles. The van der Waals surface area contributed by atoms with Crippen LogP contribution >= 0.6 is 0 Å². The molecule has 0 aromatic carbocycles. The maximum atomic E-state index is 11.4. The predicted molar refractivity (Wildman–Crippen MR) is 86.1 cm³/mol. The van der Waals surface area contributed by atoms with Crippen molar-refractivity contribution < 1.29 is 14.3 Å². The topological polar surface area (TPSA) is 91.2 Å². The van der Waals surface area contributed by atoms with E-state index in [4.69, 9.17) is 4.74 Å². The first-order chi connectivity index (χ1) is 11.1. The van der Waals surface area contributed by atoms with Crippen LogP contribution < -0.4 is 5.32 Å². The van der Waals surface area contributed by atoms with Gasteiger partial charge in [0.25, 0.3) is 0 Å². The van der Waals surface area contributed by atoms with Crippen LogP contribution in [0.3, 0.4) is 0 Å². The predicted octanol–water partition coefficient (Wildman–Crippen LogP) is 1.47. The van der Waals surface area contributed by atoms with E-state index in [1.165, 1.54) is 18.1 Å². The molecule has 2 heterocycles. The normalized spacial score (nSPS) is 11.1. The Morgan fingerprint density at radius 1 is 1.35 bits per heavy atom. The molecular formula is C15H23N5O3. The molecule has 0 bridgehead atoms. The van der Waals surface area contributed by atoms with Crippen LogP contribution in [0.4, 0.5) is 5.82 Å². The summed E-state index contributed by atoms with van der Waals surface area (Å²) in [7, 11) is 1.34. The van der Waals surface area contributed by atoms with Crippen LogP contribution in [0, 0.1) is 5.92 Å². The first-order valence-electron chi connectivity index (χ1n) is 7.66.